The van der Waals surface area contributed by atoms with Crippen molar-refractivity contribution in [1.29, 1.82) is 0 Å². The Balaban J connectivity index is 1.52. The van der Waals surface area contributed by atoms with E-state index in [0.29, 0.717) is 18.7 Å². The number of ether oxygens (including phenoxy) is 2. The van der Waals surface area contributed by atoms with Crippen LogP contribution in [0.3, 0.4) is 0 Å². The van der Waals surface area contributed by atoms with Crippen molar-refractivity contribution in [2.45, 2.75) is 38.5 Å². The molecule has 3 atom stereocenters. The van der Waals surface area contributed by atoms with E-state index in [1.54, 1.807) is 12.1 Å². The van der Waals surface area contributed by atoms with Crippen LogP contribution in [0.25, 0.3) is 0 Å². The van der Waals surface area contributed by atoms with Gasteiger partial charge in [0.2, 0.25) is 0 Å². The van der Waals surface area contributed by atoms with Crippen LogP contribution >= 0.6 is 0 Å². The highest BCUT2D eigenvalue weighted by molar-refractivity contribution is 5.44. The van der Waals surface area contributed by atoms with Crippen LogP contribution in [0.4, 0.5) is 4.39 Å². The summed E-state index contributed by atoms with van der Waals surface area (Å²) in [5.74, 6) is 1.27. The lowest BCUT2D eigenvalue weighted by Gasteiger charge is -2.24. The first-order valence-corrected chi connectivity index (χ1v) is 8.60. The molecule has 0 fully saturated rings. The SMILES string of the molecule is CC(Cc1ccc2c(c1)OCC(C)O2)NCC(O)c1ccc(F)cc1. The molecule has 25 heavy (non-hydrogen) atoms. The summed E-state index contributed by atoms with van der Waals surface area (Å²) in [6, 6.07) is 12.1. The number of aliphatic hydroxyl groups is 1. The molecule has 3 unspecified atom stereocenters. The zero-order valence-corrected chi connectivity index (χ0v) is 14.5. The number of aliphatic hydroxyl groups excluding tert-OH is 1. The van der Waals surface area contributed by atoms with Gasteiger partial charge in [-0.1, -0.05) is 18.2 Å². The molecule has 3 rings (SSSR count). The molecule has 0 aromatic heterocycles. The topological polar surface area (TPSA) is 50.7 Å². The van der Waals surface area contributed by atoms with Crippen LogP contribution in [0.2, 0.25) is 0 Å². The molecule has 5 heteroatoms. The molecule has 2 aromatic rings. The van der Waals surface area contributed by atoms with Gasteiger partial charge in [-0.25, -0.2) is 4.39 Å². The molecule has 0 aliphatic carbocycles. The Hall–Kier alpha value is -2.11. The molecule has 2 aromatic carbocycles. The number of benzene rings is 2. The smallest absolute Gasteiger partial charge is 0.161 e. The normalized spacial score (nSPS) is 18.6. The first kappa shape index (κ1) is 17.7. The molecular formula is C20H24FNO3. The maximum Gasteiger partial charge on any atom is 0.161 e. The molecule has 134 valence electrons. The molecule has 0 radical (unpaired) electrons. The molecule has 0 spiro atoms. The average Bonchev–Trinajstić information content (AvgIpc) is 2.60. The second-order valence-corrected chi connectivity index (χ2v) is 6.60. The van der Waals surface area contributed by atoms with E-state index in [2.05, 4.69) is 12.2 Å². The number of nitrogens with one attached hydrogen (secondary N) is 1. The summed E-state index contributed by atoms with van der Waals surface area (Å²) < 4.78 is 24.4. The molecule has 2 N–H and O–H groups in total. The first-order chi connectivity index (χ1) is 12.0. The largest absolute Gasteiger partial charge is 0.486 e. The van der Waals surface area contributed by atoms with Gasteiger partial charge in [0, 0.05) is 12.6 Å². The molecule has 0 bridgehead atoms. The second kappa shape index (κ2) is 7.85. The van der Waals surface area contributed by atoms with Gasteiger partial charge in [0.1, 0.15) is 18.5 Å². The van der Waals surface area contributed by atoms with Crippen molar-refractivity contribution in [3.05, 3.63) is 59.4 Å². The minimum absolute atomic E-state index is 0.0758. The third-order valence-corrected chi connectivity index (χ3v) is 4.27. The summed E-state index contributed by atoms with van der Waals surface area (Å²) in [5, 5.41) is 13.5. The molecule has 0 saturated carbocycles. The molecular weight excluding hydrogens is 321 g/mol. The lowest BCUT2D eigenvalue weighted by atomic mass is 10.0. The van der Waals surface area contributed by atoms with Gasteiger partial charge in [-0.2, -0.15) is 0 Å². The van der Waals surface area contributed by atoms with Gasteiger partial charge in [-0.15, -0.1) is 0 Å². The Morgan fingerprint density at radius 3 is 2.72 bits per heavy atom. The van der Waals surface area contributed by atoms with Crippen LogP contribution < -0.4 is 14.8 Å². The Kier molecular flexibility index (Phi) is 5.56. The maximum absolute atomic E-state index is 12.9. The zero-order chi connectivity index (χ0) is 17.8. The van der Waals surface area contributed by atoms with Crippen LogP contribution in [-0.4, -0.2) is 30.4 Å². The summed E-state index contributed by atoms with van der Waals surface area (Å²) in [6.45, 7) is 5.02. The first-order valence-electron chi connectivity index (χ1n) is 8.60. The fourth-order valence-electron chi connectivity index (χ4n) is 2.89. The van der Waals surface area contributed by atoms with E-state index in [4.69, 9.17) is 9.47 Å². The van der Waals surface area contributed by atoms with Gasteiger partial charge < -0.3 is 19.9 Å². The Morgan fingerprint density at radius 2 is 1.96 bits per heavy atom. The van der Waals surface area contributed by atoms with E-state index in [0.717, 1.165) is 23.5 Å². The van der Waals surface area contributed by atoms with Crippen LogP contribution in [0.1, 0.15) is 31.1 Å². The van der Waals surface area contributed by atoms with Crippen LogP contribution in [0.15, 0.2) is 42.5 Å². The molecule has 1 aliphatic rings. The predicted octanol–water partition coefficient (Wildman–Crippen LogP) is 3.24. The lowest BCUT2D eigenvalue weighted by Crippen LogP contribution is -2.32. The van der Waals surface area contributed by atoms with Crippen molar-refractivity contribution in [1.82, 2.24) is 5.32 Å². The van der Waals surface area contributed by atoms with Gasteiger partial charge >= 0.3 is 0 Å². The van der Waals surface area contributed by atoms with E-state index in [1.807, 2.05) is 25.1 Å². The Bertz CT molecular complexity index is 705. The van der Waals surface area contributed by atoms with E-state index >= 15 is 0 Å². The van der Waals surface area contributed by atoms with Gasteiger partial charge in [0.25, 0.3) is 0 Å². The number of halogens is 1. The van der Waals surface area contributed by atoms with Crippen molar-refractivity contribution in [2.75, 3.05) is 13.2 Å². The summed E-state index contributed by atoms with van der Waals surface area (Å²) in [6.07, 6.45) is 0.221. The highest BCUT2D eigenvalue weighted by Gasteiger charge is 2.18. The minimum atomic E-state index is -0.662. The highest BCUT2D eigenvalue weighted by atomic mass is 19.1. The van der Waals surface area contributed by atoms with E-state index in [1.165, 1.54) is 12.1 Å². The second-order valence-electron chi connectivity index (χ2n) is 6.60. The number of fused-ring (bicyclic) bond motifs is 1. The van der Waals surface area contributed by atoms with Crippen molar-refractivity contribution < 1.29 is 19.0 Å². The average molecular weight is 345 g/mol. The molecule has 4 nitrogen and oxygen atoms in total. The Labute approximate surface area is 147 Å². The van der Waals surface area contributed by atoms with Crippen LogP contribution in [0, 0.1) is 5.82 Å². The summed E-state index contributed by atoms with van der Waals surface area (Å²) in [5.41, 5.74) is 1.85. The molecule has 0 amide bonds. The van der Waals surface area contributed by atoms with Gasteiger partial charge in [0.15, 0.2) is 11.5 Å². The van der Waals surface area contributed by atoms with Gasteiger partial charge in [-0.05, 0) is 55.7 Å². The van der Waals surface area contributed by atoms with Crippen LogP contribution in [-0.2, 0) is 6.42 Å². The zero-order valence-electron chi connectivity index (χ0n) is 14.5. The highest BCUT2D eigenvalue weighted by Crippen LogP contribution is 2.32. The fraction of sp³-hybridized carbons (Fsp3) is 0.400. The van der Waals surface area contributed by atoms with Crippen LogP contribution in [0.5, 0.6) is 11.5 Å². The molecule has 1 heterocycles. The molecule has 0 saturated heterocycles. The number of rotatable bonds is 6. The quantitative estimate of drug-likeness (QED) is 0.844. The minimum Gasteiger partial charge on any atom is -0.486 e. The standard InChI is InChI=1S/C20H24FNO3/c1-13(22-11-18(23)16-4-6-17(21)7-5-16)9-15-3-8-19-20(10-15)24-12-14(2)25-19/h3-8,10,13-14,18,22-23H,9,11-12H2,1-2H3. The predicted molar refractivity (Wildman–Crippen MR) is 94.6 cm³/mol. The fourth-order valence-corrected chi connectivity index (χ4v) is 2.89. The van der Waals surface area contributed by atoms with E-state index in [9.17, 15) is 9.50 Å². The third kappa shape index (κ3) is 4.71. The summed E-state index contributed by atoms with van der Waals surface area (Å²) in [4.78, 5) is 0. The van der Waals surface area contributed by atoms with Gasteiger partial charge in [-0.3, -0.25) is 0 Å². The van der Waals surface area contributed by atoms with Crippen molar-refractivity contribution in [3.63, 3.8) is 0 Å². The Morgan fingerprint density at radius 1 is 1.20 bits per heavy atom. The third-order valence-electron chi connectivity index (χ3n) is 4.27. The molecule has 1 aliphatic heterocycles. The monoisotopic (exact) mass is 345 g/mol. The number of hydrogen-bond donors (Lipinski definition) is 2. The summed E-state index contributed by atoms with van der Waals surface area (Å²) >= 11 is 0. The lowest BCUT2D eigenvalue weighted by molar-refractivity contribution is 0.104. The van der Waals surface area contributed by atoms with E-state index < -0.39 is 6.10 Å². The van der Waals surface area contributed by atoms with E-state index in [-0.39, 0.29) is 18.0 Å². The van der Waals surface area contributed by atoms with Crippen molar-refractivity contribution >= 4 is 0 Å². The van der Waals surface area contributed by atoms with Gasteiger partial charge in [0.05, 0.1) is 6.10 Å². The van der Waals surface area contributed by atoms with Crippen molar-refractivity contribution in [3.8, 4) is 11.5 Å². The number of hydrogen-bond acceptors (Lipinski definition) is 4. The maximum atomic E-state index is 12.9. The van der Waals surface area contributed by atoms with Crippen molar-refractivity contribution in [2.24, 2.45) is 0 Å². The summed E-state index contributed by atoms with van der Waals surface area (Å²) in [7, 11) is 0.